The molecule has 0 aliphatic carbocycles. The predicted octanol–water partition coefficient (Wildman–Crippen LogP) is 4.72. The Bertz CT molecular complexity index is 1020. The van der Waals surface area contributed by atoms with E-state index in [1.165, 1.54) is 5.56 Å². The number of hydrogen-bond acceptors (Lipinski definition) is 4. The minimum atomic E-state index is 0.00345. The van der Waals surface area contributed by atoms with Gasteiger partial charge in [0.1, 0.15) is 5.75 Å². The fourth-order valence-corrected chi connectivity index (χ4v) is 4.66. The zero-order valence-electron chi connectivity index (χ0n) is 20.8. The Morgan fingerprint density at radius 2 is 2.00 bits per heavy atom. The molecule has 4 rings (SSSR count). The van der Waals surface area contributed by atoms with E-state index in [0.717, 1.165) is 43.8 Å². The van der Waals surface area contributed by atoms with Gasteiger partial charge in [-0.3, -0.25) is 4.90 Å². The van der Waals surface area contributed by atoms with Crippen LogP contribution in [0.4, 0.5) is 4.79 Å². The third-order valence-corrected chi connectivity index (χ3v) is 6.68. The molecule has 7 heteroatoms. The molecule has 2 unspecified atom stereocenters. The topological polar surface area (TPSA) is 62.6 Å². The van der Waals surface area contributed by atoms with Crippen molar-refractivity contribution in [3.8, 4) is 5.75 Å². The Balaban J connectivity index is 1.35. The second-order valence-corrected chi connectivity index (χ2v) is 9.17. The third kappa shape index (κ3) is 7.09. The first-order valence-electron chi connectivity index (χ1n) is 12.6. The van der Waals surface area contributed by atoms with Gasteiger partial charge in [-0.25, -0.2) is 9.78 Å². The highest BCUT2D eigenvalue weighted by Gasteiger charge is 2.29. The van der Waals surface area contributed by atoms with E-state index in [1.807, 2.05) is 53.2 Å². The van der Waals surface area contributed by atoms with Gasteiger partial charge < -0.3 is 19.5 Å². The number of aryl methyl sites for hydroxylation is 1. The molecular formula is C28H37N5O2. The van der Waals surface area contributed by atoms with Crippen LogP contribution in [0, 0.1) is 0 Å². The van der Waals surface area contributed by atoms with Crippen molar-refractivity contribution < 1.29 is 9.53 Å². The number of nitrogens with zero attached hydrogens (tertiary/aromatic N) is 4. The molecule has 1 aliphatic rings. The standard InChI is InChI=1S/C28H37N5O2/c1-3-35-27-12-10-24(11-13-27)20-33(17-7-16-31-19-15-29-22-31)28(34)30-26-14-18-32(21-26)23(2)25-8-5-4-6-9-25/h4-6,8-13,15,19,22-23,26H,3,7,14,16-18,20-21H2,1-2H3,(H,30,34). The van der Waals surface area contributed by atoms with Crippen LogP contribution in [-0.4, -0.2) is 57.7 Å². The van der Waals surface area contributed by atoms with Gasteiger partial charge >= 0.3 is 6.03 Å². The lowest BCUT2D eigenvalue weighted by molar-refractivity contribution is 0.187. The van der Waals surface area contributed by atoms with E-state index in [2.05, 4.69) is 52.5 Å². The van der Waals surface area contributed by atoms with Gasteiger partial charge in [-0.15, -0.1) is 0 Å². The van der Waals surface area contributed by atoms with E-state index >= 15 is 0 Å². The highest BCUT2D eigenvalue weighted by molar-refractivity contribution is 5.74. The number of likely N-dealkylation sites (tertiary alicyclic amines) is 1. The number of aromatic nitrogens is 2. The van der Waals surface area contributed by atoms with Crippen LogP contribution >= 0.6 is 0 Å². The molecule has 2 heterocycles. The molecule has 3 aromatic rings. The molecule has 2 aromatic carbocycles. The fourth-order valence-electron chi connectivity index (χ4n) is 4.66. The summed E-state index contributed by atoms with van der Waals surface area (Å²) in [5.74, 6) is 0.853. The summed E-state index contributed by atoms with van der Waals surface area (Å²) in [6, 6.07) is 19.1. The Morgan fingerprint density at radius 3 is 2.71 bits per heavy atom. The minimum absolute atomic E-state index is 0.00345. The molecule has 0 bridgehead atoms. The van der Waals surface area contributed by atoms with E-state index in [-0.39, 0.29) is 12.1 Å². The first-order valence-corrected chi connectivity index (χ1v) is 12.6. The molecule has 1 aliphatic heterocycles. The summed E-state index contributed by atoms with van der Waals surface area (Å²) in [7, 11) is 0. The molecule has 186 valence electrons. The van der Waals surface area contributed by atoms with Gasteiger partial charge in [-0.1, -0.05) is 42.5 Å². The molecule has 1 N–H and O–H groups in total. The number of imidazole rings is 1. The van der Waals surface area contributed by atoms with Crippen molar-refractivity contribution in [1.82, 2.24) is 24.7 Å². The quantitative estimate of drug-likeness (QED) is 0.436. The first kappa shape index (κ1) is 24.8. The molecule has 7 nitrogen and oxygen atoms in total. The Labute approximate surface area is 208 Å². The average molecular weight is 476 g/mol. The molecule has 2 atom stereocenters. The lowest BCUT2D eigenvalue weighted by atomic mass is 10.1. The second-order valence-electron chi connectivity index (χ2n) is 9.17. The number of ether oxygens (including phenoxy) is 1. The number of rotatable bonds is 11. The van der Waals surface area contributed by atoms with Gasteiger partial charge in [0.25, 0.3) is 0 Å². The Hall–Kier alpha value is -3.32. The zero-order chi connectivity index (χ0) is 24.5. The molecule has 0 saturated carbocycles. The number of hydrogen-bond donors (Lipinski definition) is 1. The maximum atomic E-state index is 13.4. The molecule has 1 aromatic heterocycles. The number of amides is 2. The molecule has 2 amide bonds. The number of benzene rings is 2. The zero-order valence-corrected chi connectivity index (χ0v) is 20.8. The molecular weight excluding hydrogens is 438 g/mol. The highest BCUT2D eigenvalue weighted by atomic mass is 16.5. The third-order valence-electron chi connectivity index (χ3n) is 6.68. The summed E-state index contributed by atoms with van der Waals surface area (Å²) in [6.07, 6.45) is 7.39. The van der Waals surface area contributed by atoms with Crippen molar-refractivity contribution in [3.05, 3.63) is 84.4 Å². The van der Waals surface area contributed by atoms with Crippen LogP contribution in [0.3, 0.4) is 0 Å². The summed E-state index contributed by atoms with van der Waals surface area (Å²) < 4.78 is 7.61. The number of nitrogens with one attached hydrogen (secondary N) is 1. The normalized spacial score (nSPS) is 16.7. The first-order chi connectivity index (χ1) is 17.1. The van der Waals surface area contributed by atoms with Gasteiger partial charge in [0, 0.05) is 57.2 Å². The molecule has 0 radical (unpaired) electrons. The van der Waals surface area contributed by atoms with Crippen LogP contribution in [-0.2, 0) is 13.1 Å². The lowest BCUT2D eigenvalue weighted by Gasteiger charge is -2.27. The number of carbonyl (C=O) groups is 1. The SMILES string of the molecule is CCOc1ccc(CN(CCCn2ccnc2)C(=O)NC2CCN(C(C)c3ccccc3)C2)cc1. The van der Waals surface area contributed by atoms with Crippen LogP contribution in [0.2, 0.25) is 0 Å². The van der Waals surface area contributed by atoms with E-state index in [0.29, 0.717) is 25.7 Å². The minimum Gasteiger partial charge on any atom is -0.494 e. The van der Waals surface area contributed by atoms with Gasteiger partial charge in [-0.2, -0.15) is 0 Å². The van der Waals surface area contributed by atoms with Crippen molar-refractivity contribution >= 4 is 6.03 Å². The Kier molecular flexibility index (Phi) is 8.79. The summed E-state index contributed by atoms with van der Waals surface area (Å²) in [4.78, 5) is 21.9. The van der Waals surface area contributed by atoms with Crippen LogP contribution in [0.1, 0.15) is 43.9 Å². The largest absolute Gasteiger partial charge is 0.494 e. The van der Waals surface area contributed by atoms with Crippen molar-refractivity contribution in [2.24, 2.45) is 0 Å². The van der Waals surface area contributed by atoms with Crippen molar-refractivity contribution in [2.75, 3.05) is 26.2 Å². The maximum Gasteiger partial charge on any atom is 0.317 e. The number of carbonyl (C=O) groups excluding carboxylic acids is 1. The van der Waals surface area contributed by atoms with Crippen LogP contribution < -0.4 is 10.1 Å². The van der Waals surface area contributed by atoms with E-state index < -0.39 is 0 Å². The van der Waals surface area contributed by atoms with E-state index in [9.17, 15) is 4.79 Å². The highest BCUT2D eigenvalue weighted by Crippen LogP contribution is 2.24. The summed E-state index contributed by atoms with van der Waals surface area (Å²) in [6.45, 7) is 8.79. The van der Waals surface area contributed by atoms with E-state index in [1.54, 1.807) is 6.20 Å². The monoisotopic (exact) mass is 475 g/mol. The van der Waals surface area contributed by atoms with Crippen molar-refractivity contribution in [1.29, 1.82) is 0 Å². The van der Waals surface area contributed by atoms with Crippen LogP contribution in [0.15, 0.2) is 73.3 Å². The van der Waals surface area contributed by atoms with Crippen molar-refractivity contribution in [2.45, 2.75) is 51.9 Å². The fraction of sp³-hybridized carbons (Fsp3) is 0.429. The van der Waals surface area contributed by atoms with Gasteiger partial charge in [-0.05, 0) is 49.9 Å². The van der Waals surface area contributed by atoms with Crippen LogP contribution in [0.25, 0.3) is 0 Å². The smallest absolute Gasteiger partial charge is 0.317 e. The summed E-state index contributed by atoms with van der Waals surface area (Å²) in [5, 5.41) is 3.31. The lowest BCUT2D eigenvalue weighted by Crippen LogP contribution is -2.46. The Morgan fingerprint density at radius 1 is 1.20 bits per heavy atom. The molecule has 1 fully saturated rings. The van der Waals surface area contributed by atoms with E-state index in [4.69, 9.17) is 4.74 Å². The second kappa shape index (κ2) is 12.4. The number of urea groups is 1. The predicted molar refractivity (Wildman–Crippen MR) is 138 cm³/mol. The van der Waals surface area contributed by atoms with Gasteiger partial charge in [0.2, 0.25) is 0 Å². The summed E-state index contributed by atoms with van der Waals surface area (Å²) >= 11 is 0. The van der Waals surface area contributed by atoms with Crippen LogP contribution in [0.5, 0.6) is 5.75 Å². The maximum absolute atomic E-state index is 13.4. The summed E-state index contributed by atoms with van der Waals surface area (Å²) in [5.41, 5.74) is 2.41. The van der Waals surface area contributed by atoms with Gasteiger partial charge in [0.05, 0.1) is 12.9 Å². The van der Waals surface area contributed by atoms with Crippen molar-refractivity contribution in [3.63, 3.8) is 0 Å². The average Bonchev–Trinajstić information content (AvgIpc) is 3.57. The van der Waals surface area contributed by atoms with Gasteiger partial charge in [0.15, 0.2) is 0 Å². The molecule has 35 heavy (non-hydrogen) atoms. The molecule has 1 saturated heterocycles. The molecule has 0 spiro atoms.